The molecule has 1 aromatic carbocycles. The number of aliphatic hydroxyl groups is 1. The van der Waals surface area contributed by atoms with Crippen molar-refractivity contribution >= 4 is 31.8 Å². The molecule has 2 rings (SSSR count). The predicted molar refractivity (Wildman–Crippen MR) is 78.0 cm³/mol. The van der Waals surface area contributed by atoms with Gasteiger partial charge in [-0.15, -0.1) is 0 Å². The smallest absolute Gasteiger partial charge is 0.301 e. The predicted octanol–water partition coefficient (Wildman–Crippen LogP) is 2.09. The molecule has 0 spiro atoms. The quantitative estimate of drug-likeness (QED) is 0.834. The number of nitrogens with one attached hydrogen (secondary N) is 1. The van der Waals surface area contributed by atoms with E-state index in [1.165, 1.54) is 4.31 Å². The Labute approximate surface area is 130 Å². The van der Waals surface area contributed by atoms with Gasteiger partial charge in [0.1, 0.15) is 5.82 Å². The van der Waals surface area contributed by atoms with Crippen LogP contribution >= 0.6 is 15.9 Å². The van der Waals surface area contributed by atoms with Crippen LogP contribution in [0.1, 0.15) is 12.8 Å². The molecule has 0 bridgehead atoms. The lowest BCUT2D eigenvalue weighted by Crippen LogP contribution is -2.42. The van der Waals surface area contributed by atoms with Crippen molar-refractivity contribution in [1.82, 2.24) is 4.31 Å². The largest absolute Gasteiger partial charge is 0.396 e. The number of anilines is 1. The molecule has 2 N–H and O–H groups in total. The molecule has 21 heavy (non-hydrogen) atoms. The molecule has 0 atom stereocenters. The van der Waals surface area contributed by atoms with Gasteiger partial charge in [0.25, 0.3) is 0 Å². The maximum absolute atomic E-state index is 13.7. The van der Waals surface area contributed by atoms with E-state index in [4.69, 9.17) is 5.11 Å². The Bertz CT molecular complexity index is 596. The molecule has 1 aromatic rings. The summed E-state index contributed by atoms with van der Waals surface area (Å²) >= 11 is 2.94. The number of hydrogen-bond acceptors (Lipinski definition) is 3. The average molecular weight is 385 g/mol. The maximum Gasteiger partial charge on any atom is 0.301 e. The van der Waals surface area contributed by atoms with Gasteiger partial charge in [0, 0.05) is 30.2 Å². The zero-order valence-electron chi connectivity index (χ0n) is 11.0. The lowest BCUT2D eigenvalue weighted by atomic mass is 10.00. The van der Waals surface area contributed by atoms with E-state index in [1.807, 2.05) is 0 Å². The summed E-state index contributed by atoms with van der Waals surface area (Å²) in [5, 5.41) is 9.04. The Balaban J connectivity index is 2.15. The van der Waals surface area contributed by atoms with Gasteiger partial charge in [-0.05, 0) is 40.8 Å². The fraction of sp³-hybridized carbons (Fsp3) is 0.500. The summed E-state index contributed by atoms with van der Waals surface area (Å²) in [5.74, 6) is -1.70. The van der Waals surface area contributed by atoms with Crippen LogP contribution in [-0.2, 0) is 10.2 Å². The number of nitrogens with zero attached hydrogens (tertiary/aromatic N) is 1. The highest BCUT2D eigenvalue weighted by atomic mass is 79.9. The van der Waals surface area contributed by atoms with E-state index in [1.54, 1.807) is 0 Å². The molecular formula is C12H15BrF2N2O3S. The zero-order valence-corrected chi connectivity index (χ0v) is 13.4. The monoisotopic (exact) mass is 384 g/mol. The van der Waals surface area contributed by atoms with E-state index < -0.39 is 21.8 Å². The molecule has 118 valence electrons. The molecule has 5 nitrogen and oxygen atoms in total. The maximum atomic E-state index is 13.7. The molecule has 0 unspecified atom stereocenters. The minimum absolute atomic E-state index is 0.00572. The van der Waals surface area contributed by atoms with Crippen LogP contribution in [0.15, 0.2) is 16.6 Å². The molecule has 1 saturated heterocycles. The lowest BCUT2D eigenvalue weighted by molar-refractivity contribution is 0.170. The van der Waals surface area contributed by atoms with Crippen molar-refractivity contribution in [1.29, 1.82) is 0 Å². The normalized spacial score (nSPS) is 17.9. The summed E-state index contributed by atoms with van der Waals surface area (Å²) < 4.78 is 54.4. The van der Waals surface area contributed by atoms with Crippen LogP contribution in [0, 0.1) is 17.6 Å². The third kappa shape index (κ3) is 3.91. The molecule has 0 amide bonds. The Morgan fingerprint density at radius 1 is 1.33 bits per heavy atom. The third-order valence-corrected chi connectivity index (χ3v) is 5.54. The number of benzene rings is 1. The van der Waals surface area contributed by atoms with E-state index in [2.05, 4.69) is 20.7 Å². The van der Waals surface area contributed by atoms with Crippen LogP contribution in [0.25, 0.3) is 0 Å². The van der Waals surface area contributed by atoms with Crippen molar-refractivity contribution in [2.45, 2.75) is 12.8 Å². The summed E-state index contributed by atoms with van der Waals surface area (Å²) in [7, 11) is -3.92. The molecule has 1 fully saturated rings. The SMILES string of the molecule is O=S(=O)(Nc1c(F)cc(F)cc1Br)N1CCC(CO)CC1. The summed E-state index contributed by atoms with van der Waals surface area (Å²) in [6.45, 7) is 0.529. The highest BCUT2D eigenvalue weighted by molar-refractivity contribution is 9.10. The first-order valence-electron chi connectivity index (χ1n) is 6.37. The van der Waals surface area contributed by atoms with Crippen molar-refractivity contribution in [3.05, 3.63) is 28.2 Å². The van der Waals surface area contributed by atoms with Crippen molar-refractivity contribution in [2.75, 3.05) is 24.4 Å². The number of hydrogen-bond donors (Lipinski definition) is 2. The number of halogens is 3. The van der Waals surface area contributed by atoms with Crippen molar-refractivity contribution < 1.29 is 22.3 Å². The van der Waals surface area contributed by atoms with Gasteiger partial charge < -0.3 is 5.11 Å². The molecule has 1 heterocycles. The van der Waals surface area contributed by atoms with Crippen molar-refractivity contribution in [2.24, 2.45) is 5.92 Å². The van der Waals surface area contributed by atoms with Gasteiger partial charge in [0.05, 0.1) is 5.69 Å². The fourth-order valence-corrected chi connectivity index (χ4v) is 4.09. The first-order valence-corrected chi connectivity index (χ1v) is 8.60. The highest BCUT2D eigenvalue weighted by Gasteiger charge is 2.29. The summed E-state index contributed by atoms with van der Waals surface area (Å²) in [4.78, 5) is 0. The highest BCUT2D eigenvalue weighted by Crippen LogP contribution is 2.29. The number of aliphatic hydroxyl groups excluding tert-OH is 1. The van der Waals surface area contributed by atoms with Gasteiger partial charge in [0.2, 0.25) is 0 Å². The first-order chi connectivity index (χ1) is 9.83. The standard InChI is InChI=1S/C12H15BrF2N2O3S/c13-10-5-9(14)6-11(15)12(10)16-21(19,20)17-3-1-8(7-18)2-4-17/h5-6,8,16,18H,1-4,7H2. The van der Waals surface area contributed by atoms with Gasteiger partial charge >= 0.3 is 10.2 Å². The Hall–Kier alpha value is -0.770. The van der Waals surface area contributed by atoms with E-state index in [-0.39, 0.29) is 35.8 Å². The Morgan fingerprint density at radius 3 is 2.48 bits per heavy atom. The first kappa shape index (κ1) is 16.6. The molecule has 0 aliphatic carbocycles. The minimum Gasteiger partial charge on any atom is -0.396 e. The van der Waals surface area contributed by atoms with Crippen LogP contribution < -0.4 is 4.72 Å². The summed E-state index contributed by atoms with van der Waals surface area (Å²) in [5.41, 5.74) is -0.319. The molecule has 1 aliphatic heterocycles. The average Bonchev–Trinajstić information content (AvgIpc) is 2.43. The van der Waals surface area contributed by atoms with Gasteiger partial charge in [0.15, 0.2) is 5.82 Å². The Morgan fingerprint density at radius 2 is 1.95 bits per heavy atom. The second-order valence-electron chi connectivity index (χ2n) is 4.88. The van der Waals surface area contributed by atoms with Gasteiger partial charge in [-0.25, -0.2) is 8.78 Å². The topological polar surface area (TPSA) is 69.6 Å². The molecule has 9 heteroatoms. The van der Waals surface area contributed by atoms with Crippen LogP contribution in [0.5, 0.6) is 0 Å². The number of piperidine rings is 1. The van der Waals surface area contributed by atoms with Gasteiger partial charge in [-0.1, -0.05) is 0 Å². The molecular weight excluding hydrogens is 370 g/mol. The van der Waals surface area contributed by atoms with E-state index in [0.29, 0.717) is 18.9 Å². The molecule has 0 radical (unpaired) electrons. The zero-order chi connectivity index (χ0) is 15.6. The van der Waals surface area contributed by atoms with E-state index in [0.717, 1.165) is 6.07 Å². The molecule has 0 saturated carbocycles. The van der Waals surface area contributed by atoms with Gasteiger partial charge in [-0.3, -0.25) is 4.72 Å². The second kappa shape index (κ2) is 6.55. The van der Waals surface area contributed by atoms with E-state index in [9.17, 15) is 17.2 Å². The number of rotatable bonds is 4. The van der Waals surface area contributed by atoms with Crippen LogP contribution in [0.2, 0.25) is 0 Å². The van der Waals surface area contributed by atoms with Crippen molar-refractivity contribution in [3.8, 4) is 0 Å². The van der Waals surface area contributed by atoms with E-state index >= 15 is 0 Å². The molecule has 1 aliphatic rings. The van der Waals surface area contributed by atoms with Crippen LogP contribution in [-0.4, -0.2) is 37.5 Å². The van der Waals surface area contributed by atoms with Crippen LogP contribution in [0.4, 0.5) is 14.5 Å². The summed E-state index contributed by atoms with van der Waals surface area (Å²) in [6, 6.07) is 1.60. The Kier molecular flexibility index (Phi) is 5.18. The fourth-order valence-electron chi connectivity index (χ4n) is 2.17. The lowest BCUT2D eigenvalue weighted by Gasteiger charge is -2.30. The molecule has 0 aromatic heterocycles. The van der Waals surface area contributed by atoms with Gasteiger partial charge in [-0.2, -0.15) is 12.7 Å². The second-order valence-corrected chi connectivity index (χ2v) is 7.40. The van der Waals surface area contributed by atoms with Crippen molar-refractivity contribution in [3.63, 3.8) is 0 Å². The minimum atomic E-state index is -3.92. The van der Waals surface area contributed by atoms with Crippen LogP contribution in [0.3, 0.4) is 0 Å². The third-order valence-electron chi connectivity index (χ3n) is 3.41. The summed E-state index contributed by atoms with van der Waals surface area (Å²) in [6.07, 6.45) is 1.09.